The average Bonchev–Trinajstić information content (AvgIpc) is 2.92. The first-order valence-corrected chi connectivity index (χ1v) is 7.39. The third-order valence-electron chi connectivity index (χ3n) is 3.55. The van der Waals surface area contributed by atoms with Crippen molar-refractivity contribution in [1.29, 1.82) is 0 Å². The van der Waals surface area contributed by atoms with Crippen molar-refractivity contribution in [2.75, 3.05) is 18.2 Å². The summed E-state index contributed by atoms with van der Waals surface area (Å²) in [5.74, 6) is 0.444. The highest BCUT2D eigenvalue weighted by Crippen LogP contribution is 2.22. The molecule has 2 aromatic carbocycles. The summed E-state index contributed by atoms with van der Waals surface area (Å²) in [4.78, 5) is 24.4. The number of ketones is 1. The van der Waals surface area contributed by atoms with E-state index in [2.05, 4.69) is 0 Å². The molecule has 1 aliphatic rings. The first-order chi connectivity index (χ1) is 11.2. The Morgan fingerprint density at radius 1 is 0.957 bits per heavy atom. The van der Waals surface area contributed by atoms with E-state index in [4.69, 9.17) is 9.47 Å². The van der Waals surface area contributed by atoms with E-state index in [1.807, 2.05) is 30.3 Å². The first kappa shape index (κ1) is 15.2. The summed E-state index contributed by atoms with van der Waals surface area (Å²) in [6, 6.07) is 16.9. The van der Waals surface area contributed by atoms with Crippen molar-refractivity contribution >= 4 is 17.4 Å². The Morgan fingerprint density at radius 2 is 1.70 bits per heavy atom. The van der Waals surface area contributed by atoms with Gasteiger partial charge in [0.05, 0.1) is 19.6 Å². The van der Waals surface area contributed by atoms with Crippen LogP contribution in [0, 0.1) is 0 Å². The zero-order valence-electron chi connectivity index (χ0n) is 12.6. The standard InChI is InChI=1S/C18H17NO4/c20-16-10-18(21)19(11-16)15-6-8-17(9-7-15)23-13-22-12-14-4-2-1-3-5-14/h1-9H,10-13H2. The molecule has 0 radical (unpaired) electrons. The van der Waals surface area contributed by atoms with E-state index >= 15 is 0 Å². The number of carbonyl (C=O) groups is 2. The number of carbonyl (C=O) groups excluding carboxylic acids is 2. The summed E-state index contributed by atoms with van der Waals surface area (Å²) in [7, 11) is 0. The van der Waals surface area contributed by atoms with Gasteiger partial charge in [0.2, 0.25) is 5.91 Å². The van der Waals surface area contributed by atoms with Crippen LogP contribution < -0.4 is 9.64 Å². The van der Waals surface area contributed by atoms with E-state index in [9.17, 15) is 9.59 Å². The zero-order chi connectivity index (χ0) is 16.1. The molecule has 0 unspecified atom stereocenters. The van der Waals surface area contributed by atoms with Crippen molar-refractivity contribution in [3.05, 3.63) is 60.2 Å². The monoisotopic (exact) mass is 311 g/mol. The highest BCUT2D eigenvalue weighted by atomic mass is 16.7. The van der Waals surface area contributed by atoms with Crippen LogP contribution in [0.2, 0.25) is 0 Å². The number of amides is 1. The molecule has 2 aromatic rings. The molecule has 23 heavy (non-hydrogen) atoms. The third-order valence-corrected chi connectivity index (χ3v) is 3.55. The summed E-state index contributed by atoms with van der Waals surface area (Å²) in [6.07, 6.45) is -0.00836. The largest absolute Gasteiger partial charge is 0.468 e. The van der Waals surface area contributed by atoms with Crippen LogP contribution in [0.1, 0.15) is 12.0 Å². The molecule has 1 fully saturated rings. The minimum absolute atomic E-state index is 0.00836. The Hall–Kier alpha value is -2.66. The van der Waals surface area contributed by atoms with Crippen LogP contribution in [0.3, 0.4) is 0 Å². The third kappa shape index (κ3) is 3.96. The summed E-state index contributed by atoms with van der Waals surface area (Å²) in [5, 5.41) is 0. The average molecular weight is 311 g/mol. The smallest absolute Gasteiger partial charge is 0.234 e. The second-order valence-corrected chi connectivity index (χ2v) is 5.29. The van der Waals surface area contributed by atoms with Crippen molar-refractivity contribution in [1.82, 2.24) is 0 Å². The lowest BCUT2D eigenvalue weighted by molar-refractivity contribution is -0.121. The fraction of sp³-hybridized carbons (Fsp3) is 0.222. The summed E-state index contributed by atoms with van der Waals surface area (Å²) >= 11 is 0. The quantitative estimate of drug-likeness (QED) is 0.467. The predicted molar refractivity (Wildman–Crippen MR) is 85.1 cm³/mol. The summed E-state index contributed by atoms with van der Waals surface area (Å²) in [6.45, 7) is 0.790. The van der Waals surface area contributed by atoms with Gasteiger partial charge in [0.1, 0.15) is 5.75 Å². The van der Waals surface area contributed by atoms with Gasteiger partial charge < -0.3 is 14.4 Å². The van der Waals surface area contributed by atoms with Crippen molar-refractivity contribution in [3.8, 4) is 5.75 Å². The first-order valence-electron chi connectivity index (χ1n) is 7.39. The SMILES string of the molecule is O=C1CC(=O)N(c2ccc(OCOCc3ccccc3)cc2)C1. The van der Waals surface area contributed by atoms with Gasteiger partial charge in [-0.15, -0.1) is 0 Å². The van der Waals surface area contributed by atoms with Crippen LogP contribution in [0.4, 0.5) is 5.69 Å². The summed E-state index contributed by atoms with van der Waals surface area (Å²) < 4.78 is 11.0. The maximum absolute atomic E-state index is 11.7. The molecule has 0 aromatic heterocycles. The minimum atomic E-state index is -0.158. The molecule has 1 amide bonds. The Kier molecular flexibility index (Phi) is 4.68. The maximum atomic E-state index is 11.7. The molecular weight excluding hydrogens is 294 g/mol. The number of ether oxygens (including phenoxy) is 2. The zero-order valence-corrected chi connectivity index (χ0v) is 12.6. The van der Waals surface area contributed by atoms with E-state index in [-0.39, 0.29) is 31.4 Å². The van der Waals surface area contributed by atoms with E-state index in [1.165, 1.54) is 4.90 Å². The van der Waals surface area contributed by atoms with Gasteiger partial charge in [0.25, 0.3) is 0 Å². The topological polar surface area (TPSA) is 55.8 Å². The Labute approximate surface area is 134 Å². The van der Waals surface area contributed by atoms with Gasteiger partial charge in [0.15, 0.2) is 12.6 Å². The van der Waals surface area contributed by atoms with E-state index < -0.39 is 0 Å². The van der Waals surface area contributed by atoms with Gasteiger partial charge in [-0.2, -0.15) is 0 Å². The predicted octanol–water partition coefficient (Wildman–Crippen LogP) is 2.55. The Balaban J connectivity index is 1.48. The molecule has 0 aliphatic carbocycles. The number of rotatable bonds is 6. The van der Waals surface area contributed by atoms with Gasteiger partial charge >= 0.3 is 0 Å². The van der Waals surface area contributed by atoms with Crippen LogP contribution in [0.15, 0.2) is 54.6 Å². The second kappa shape index (κ2) is 7.07. The summed E-state index contributed by atoms with van der Waals surface area (Å²) in [5.41, 5.74) is 1.79. The van der Waals surface area contributed by atoms with Gasteiger partial charge in [0, 0.05) is 5.69 Å². The number of Topliss-reactive ketones (excluding diaryl/α,β-unsaturated/α-hetero) is 1. The fourth-order valence-electron chi connectivity index (χ4n) is 2.39. The van der Waals surface area contributed by atoms with E-state index in [0.717, 1.165) is 5.56 Å². The number of hydrogen-bond donors (Lipinski definition) is 0. The van der Waals surface area contributed by atoms with Crippen LogP contribution in [-0.2, 0) is 20.9 Å². The molecule has 118 valence electrons. The second-order valence-electron chi connectivity index (χ2n) is 5.29. The lowest BCUT2D eigenvalue weighted by Gasteiger charge is -2.15. The molecule has 0 N–H and O–H groups in total. The molecule has 0 spiro atoms. The fourth-order valence-corrected chi connectivity index (χ4v) is 2.39. The molecule has 1 saturated heterocycles. The molecular formula is C18H17NO4. The lowest BCUT2D eigenvalue weighted by atomic mass is 10.2. The maximum Gasteiger partial charge on any atom is 0.234 e. The van der Waals surface area contributed by atoms with Crippen LogP contribution in [-0.4, -0.2) is 25.0 Å². The van der Waals surface area contributed by atoms with Gasteiger partial charge in [-0.3, -0.25) is 9.59 Å². The van der Waals surface area contributed by atoms with Crippen LogP contribution in [0.5, 0.6) is 5.75 Å². The highest BCUT2D eigenvalue weighted by Gasteiger charge is 2.28. The van der Waals surface area contributed by atoms with Crippen molar-refractivity contribution in [2.24, 2.45) is 0 Å². The number of nitrogens with zero attached hydrogens (tertiary/aromatic N) is 1. The van der Waals surface area contributed by atoms with Crippen molar-refractivity contribution < 1.29 is 19.1 Å². The van der Waals surface area contributed by atoms with Crippen LogP contribution in [0.25, 0.3) is 0 Å². The van der Waals surface area contributed by atoms with Gasteiger partial charge in [-0.1, -0.05) is 30.3 Å². The molecule has 0 bridgehead atoms. The van der Waals surface area contributed by atoms with Crippen molar-refractivity contribution in [2.45, 2.75) is 13.0 Å². The van der Waals surface area contributed by atoms with Gasteiger partial charge in [-0.25, -0.2) is 0 Å². The molecule has 3 rings (SSSR count). The van der Waals surface area contributed by atoms with Crippen molar-refractivity contribution in [3.63, 3.8) is 0 Å². The van der Waals surface area contributed by atoms with E-state index in [1.54, 1.807) is 24.3 Å². The van der Waals surface area contributed by atoms with Crippen LogP contribution >= 0.6 is 0 Å². The number of benzene rings is 2. The highest BCUT2D eigenvalue weighted by molar-refractivity contribution is 6.15. The van der Waals surface area contributed by atoms with Gasteiger partial charge in [-0.05, 0) is 29.8 Å². The molecule has 5 heteroatoms. The normalized spacial score (nSPS) is 14.3. The molecule has 1 aliphatic heterocycles. The van der Waals surface area contributed by atoms with E-state index in [0.29, 0.717) is 18.0 Å². The number of hydrogen-bond acceptors (Lipinski definition) is 4. The molecule has 1 heterocycles. The Morgan fingerprint density at radius 3 is 2.35 bits per heavy atom. The lowest BCUT2D eigenvalue weighted by Crippen LogP contribution is -2.24. The molecule has 5 nitrogen and oxygen atoms in total. The molecule has 0 saturated carbocycles. The minimum Gasteiger partial charge on any atom is -0.468 e. The Bertz CT molecular complexity index is 682. The molecule has 0 atom stereocenters. The number of anilines is 1.